The second kappa shape index (κ2) is 54.5. The number of rotatable bonds is 50. The Hall–Kier alpha value is -3.15. The average molecular weight is 921 g/mol. The Morgan fingerprint density at radius 3 is 0.955 bits per heavy atom. The summed E-state index contributed by atoms with van der Waals surface area (Å²) in [5.41, 5.74) is 0. The molecule has 0 rings (SSSR count). The van der Waals surface area contributed by atoms with E-state index < -0.39 is 6.10 Å². The second-order valence-corrected chi connectivity index (χ2v) is 18.6. The first kappa shape index (κ1) is 62.8. The van der Waals surface area contributed by atoms with E-state index in [1.54, 1.807) is 0 Å². The predicted molar refractivity (Wildman–Crippen MR) is 284 cm³/mol. The number of unbranched alkanes of at least 4 members (excludes halogenated alkanes) is 31. The van der Waals surface area contributed by atoms with Crippen LogP contribution in [0.1, 0.15) is 271 Å². The van der Waals surface area contributed by atoms with Crippen molar-refractivity contribution in [1.82, 2.24) is 0 Å². The average Bonchev–Trinajstić information content (AvgIpc) is 3.31. The summed E-state index contributed by atoms with van der Waals surface area (Å²) in [6.07, 6.45) is 68.8. The fourth-order valence-electron chi connectivity index (χ4n) is 7.82. The lowest BCUT2D eigenvalue weighted by Gasteiger charge is -2.18. The van der Waals surface area contributed by atoms with Crippen LogP contribution >= 0.6 is 0 Å². The monoisotopic (exact) mass is 921 g/mol. The highest BCUT2D eigenvalue weighted by molar-refractivity contribution is 5.71. The number of carbonyl (C=O) groups excluding carboxylic acids is 3. The van der Waals surface area contributed by atoms with Gasteiger partial charge in [0, 0.05) is 19.3 Å². The van der Waals surface area contributed by atoms with E-state index in [1.165, 1.54) is 135 Å². The maximum absolute atomic E-state index is 12.8. The van der Waals surface area contributed by atoms with E-state index in [9.17, 15) is 14.4 Å². The topological polar surface area (TPSA) is 78.9 Å². The highest BCUT2D eigenvalue weighted by atomic mass is 16.6. The van der Waals surface area contributed by atoms with Crippen molar-refractivity contribution in [3.05, 3.63) is 72.9 Å². The Balaban J connectivity index is 4.42. The summed E-state index contributed by atoms with van der Waals surface area (Å²) >= 11 is 0. The van der Waals surface area contributed by atoms with Crippen molar-refractivity contribution in [2.45, 2.75) is 277 Å². The van der Waals surface area contributed by atoms with Gasteiger partial charge in [-0.05, 0) is 64.2 Å². The fourth-order valence-corrected chi connectivity index (χ4v) is 7.82. The van der Waals surface area contributed by atoms with Crippen LogP contribution in [0.5, 0.6) is 0 Å². The number of esters is 3. The van der Waals surface area contributed by atoms with Crippen LogP contribution in [0.15, 0.2) is 72.9 Å². The highest BCUT2D eigenvalue weighted by Gasteiger charge is 2.19. The van der Waals surface area contributed by atoms with Crippen LogP contribution in [-0.2, 0) is 28.6 Å². The van der Waals surface area contributed by atoms with Gasteiger partial charge in [-0.15, -0.1) is 0 Å². The molecule has 0 amide bonds. The third-order valence-corrected chi connectivity index (χ3v) is 12.0. The van der Waals surface area contributed by atoms with E-state index >= 15 is 0 Å². The first-order valence-corrected chi connectivity index (χ1v) is 28.0. The maximum atomic E-state index is 12.8. The molecule has 1 atom stereocenters. The van der Waals surface area contributed by atoms with Crippen molar-refractivity contribution in [3.8, 4) is 0 Å². The molecule has 0 aliphatic rings. The second-order valence-electron chi connectivity index (χ2n) is 18.6. The minimum absolute atomic E-state index is 0.0853. The van der Waals surface area contributed by atoms with E-state index in [2.05, 4.69) is 69.4 Å². The summed E-state index contributed by atoms with van der Waals surface area (Å²) in [5, 5.41) is 0. The molecule has 0 aliphatic heterocycles. The zero-order valence-corrected chi connectivity index (χ0v) is 43.4. The summed E-state index contributed by atoms with van der Waals surface area (Å²) in [7, 11) is 0. The van der Waals surface area contributed by atoms with E-state index in [0.29, 0.717) is 19.3 Å². The molecule has 0 bridgehead atoms. The van der Waals surface area contributed by atoms with Gasteiger partial charge in [-0.1, -0.05) is 261 Å². The first-order valence-electron chi connectivity index (χ1n) is 28.0. The van der Waals surface area contributed by atoms with Crippen LogP contribution in [0.4, 0.5) is 0 Å². The van der Waals surface area contributed by atoms with Crippen molar-refractivity contribution in [1.29, 1.82) is 0 Å². The van der Waals surface area contributed by atoms with Crippen molar-refractivity contribution in [3.63, 3.8) is 0 Å². The molecule has 0 radical (unpaired) electrons. The van der Waals surface area contributed by atoms with Crippen molar-refractivity contribution in [2.75, 3.05) is 13.2 Å². The molecule has 0 aromatic heterocycles. The third-order valence-electron chi connectivity index (χ3n) is 12.0. The van der Waals surface area contributed by atoms with Gasteiger partial charge in [-0.3, -0.25) is 14.4 Å². The van der Waals surface area contributed by atoms with Crippen LogP contribution < -0.4 is 0 Å². The van der Waals surface area contributed by atoms with Crippen LogP contribution in [-0.4, -0.2) is 37.2 Å². The van der Waals surface area contributed by atoms with E-state index in [4.69, 9.17) is 14.2 Å². The molecule has 0 aliphatic carbocycles. The molecule has 0 aromatic rings. The zero-order valence-electron chi connectivity index (χ0n) is 43.4. The van der Waals surface area contributed by atoms with Gasteiger partial charge < -0.3 is 14.2 Å². The summed E-state index contributed by atoms with van der Waals surface area (Å²) in [4.78, 5) is 38.1. The molecule has 0 saturated heterocycles. The standard InChI is InChI=1S/C60H104O6/c1-4-7-10-13-16-19-22-25-27-29-31-33-35-38-41-44-47-50-53-59(62)65-56-57(55-64-58(61)52-49-46-43-40-37-24-21-18-15-12-9-6-3)66-60(63)54-51-48-45-42-39-36-34-32-30-28-26-23-20-17-14-11-8-5-2/h10,13,16,19,22,25,27,29,31-34,57H,4-9,11-12,14-15,17-18,20-21,23-24,26,28,30,35-56H2,1-3H3/b13-10-,19-16-,25-22-,29-27-,33-31-,34-32-. The fraction of sp³-hybridized carbons (Fsp3) is 0.750. The Labute approximate surface area is 408 Å². The lowest BCUT2D eigenvalue weighted by atomic mass is 10.0. The predicted octanol–water partition coefficient (Wildman–Crippen LogP) is 18.6. The number of ether oxygens (including phenoxy) is 3. The van der Waals surface area contributed by atoms with Gasteiger partial charge in [0.1, 0.15) is 13.2 Å². The molecular weight excluding hydrogens is 817 g/mol. The SMILES string of the molecule is CCC\C=C/C=C\C=C/C=C\C=C/CCCCCCCC(=O)OCC(COC(=O)CCCCCCCCCCCCCC)OC(=O)CCCCCCC/C=C\CCCCCCCCCCC. The molecule has 0 spiro atoms. The van der Waals surface area contributed by atoms with Crippen LogP contribution in [0.2, 0.25) is 0 Å². The first-order chi connectivity index (χ1) is 32.5. The summed E-state index contributed by atoms with van der Waals surface area (Å²) in [6, 6.07) is 0. The molecule has 6 nitrogen and oxygen atoms in total. The molecule has 0 saturated carbocycles. The van der Waals surface area contributed by atoms with Crippen molar-refractivity contribution in [2.24, 2.45) is 0 Å². The molecule has 0 heterocycles. The number of allylic oxidation sites excluding steroid dienone is 12. The zero-order chi connectivity index (χ0) is 47.9. The van der Waals surface area contributed by atoms with Gasteiger partial charge >= 0.3 is 17.9 Å². The largest absolute Gasteiger partial charge is 0.462 e. The van der Waals surface area contributed by atoms with Crippen LogP contribution in [0.3, 0.4) is 0 Å². The Morgan fingerprint density at radius 1 is 0.303 bits per heavy atom. The number of hydrogen-bond acceptors (Lipinski definition) is 6. The van der Waals surface area contributed by atoms with E-state index in [0.717, 1.165) is 96.3 Å². The minimum Gasteiger partial charge on any atom is -0.462 e. The molecule has 66 heavy (non-hydrogen) atoms. The smallest absolute Gasteiger partial charge is 0.306 e. The molecule has 0 fully saturated rings. The summed E-state index contributed by atoms with van der Waals surface area (Å²) in [6.45, 7) is 6.54. The molecule has 1 unspecified atom stereocenters. The molecule has 0 N–H and O–H groups in total. The number of carbonyl (C=O) groups is 3. The number of hydrogen-bond donors (Lipinski definition) is 0. The normalized spacial score (nSPS) is 12.6. The summed E-state index contributed by atoms with van der Waals surface area (Å²) in [5.74, 6) is -0.912. The van der Waals surface area contributed by atoms with Gasteiger partial charge in [0.15, 0.2) is 6.10 Å². The Kier molecular flexibility index (Phi) is 51.9. The van der Waals surface area contributed by atoms with E-state index in [-0.39, 0.29) is 31.1 Å². The van der Waals surface area contributed by atoms with Gasteiger partial charge in [0.05, 0.1) is 0 Å². The lowest BCUT2D eigenvalue weighted by molar-refractivity contribution is -0.167. The summed E-state index contributed by atoms with van der Waals surface area (Å²) < 4.78 is 16.8. The van der Waals surface area contributed by atoms with Crippen LogP contribution in [0, 0.1) is 0 Å². The highest BCUT2D eigenvalue weighted by Crippen LogP contribution is 2.15. The maximum Gasteiger partial charge on any atom is 0.306 e. The van der Waals surface area contributed by atoms with Gasteiger partial charge in [0.2, 0.25) is 0 Å². The third kappa shape index (κ3) is 51.8. The van der Waals surface area contributed by atoms with Crippen molar-refractivity contribution < 1.29 is 28.6 Å². The van der Waals surface area contributed by atoms with Crippen LogP contribution in [0.25, 0.3) is 0 Å². The molecule has 380 valence electrons. The quantitative estimate of drug-likeness (QED) is 0.0199. The van der Waals surface area contributed by atoms with E-state index in [1.807, 2.05) is 24.3 Å². The molecule has 6 heteroatoms. The van der Waals surface area contributed by atoms with Gasteiger partial charge in [-0.25, -0.2) is 0 Å². The Morgan fingerprint density at radius 2 is 0.591 bits per heavy atom. The van der Waals surface area contributed by atoms with Crippen molar-refractivity contribution >= 4 is 17.9 Å². The minimum atomic E-state index is -0.789. The molecule has 0 aromatic carbocycles. The van der Waals surface area contributed by atoms with Gasteiger partial charge in [-0.2, -0.15) is 0 Å². The molecular formula is C60H104O6. The lowest BCUT2D eigenvalue weighted by Crippen LogP contribution is -2.30. The van der Waals surface area contributed by atoms with Gasteiger partial charge in [0.25, 0.3) is 0 Å². The Bertz CT molecular complexity index is 1240.